The van der Waals surface area contributed by atoms with Crippen molar-refractivity contribution in [3.63, 3.8) is 0 Å². The van der Waals surface area contributed by atoms with Crippen molar-refractivity contribution in [2.75, 3.05) is 32.7 Å². The number of fused-ring (bicyclic) bond motifs is 1. The van der Waals surface area contributed by atoms with Crippen molar-refractivity contribution in [1.29, 1.82) is 0 Å². The van der Waals surface area contributed by atoms with Crippen LogP contribution in [-0.4, -0.2) is 63.2 Å². The molecular formula is C15H23N5O. The van der Waals surface area contributed by atoms with E-state index in [-0.39, 0.29) is 5.91 Å². The van der Waals surface area contributed by atoms with Gasteiger partial charge in [-0.3, -0.25) is 9.69 Å². The van der Waals surface area contributed by atoms with Crippen molar-refractivity contribution in [2.24, 2.45) is 0 Å². The van der Waals surface area contributed by atoms with Gasteiger partial charge in [0.1, 0.15) is 5.82 Å². The quantitative estimate of drug-likeness (QED) is 0.819. The molecule has 4 rings (SSSR count). The van der Waals surface area contributed by atoms with Crippen molar-refractivity contribution in [1.82, 2.24) is 24.6 Å². The zero-order chi connectivity index (χ0) is 14.2. The van der Waals surface area contributed by atoms with Crippen molar-refractivity contribution in [3.8, 4) is 0 Å². The Balaban J connectivity index is 1.37. The Bertz CT molecular complexity index is 505. The van der Waals surface area contributed by atoms with Crippen LogP contribution in [0.5, 0.6) is 0 Å². The lowest BCUT2D eigenvalue weighted by molar-refractivity contribution is -0.132. The van der Waals surface area contributed by atoms with Crippen molar-refractivity contribution in [3.05, 3.63) is 11.6 Å². The minimum atomic E-state index is 0.269. The smallest absolute Gasteiger partial charge is 0.236 e. The van der Waals surface area contributed by atoms with Gasteiger partial charge in [-0.1, -0.05) is 0 Å². The molecule has 3 aliphatic rings. The molecule has 0 radical (unpaired) electrons. The van der Waals surface area contributed by atoms with Crippen LogP contribution in [0.2, 0.25) is 0 Å². The molecule has 6 heteroatoms. The molecule has 3 heterocycles. The summed E-state index contributed by atoms with van der Waals surface area (Å²) in [6, 6.07) is 0. The third-order valence-electron chi connectivity index (χ3n) is 4.80. The highest BCUT2D eigenvalue weighted by molar-refractivity contribution is 5.78. The second-order valence-corrected chi connectivity index (χ2v) is 6.50. The van der Waals surface area contributed by atoms with E-state index in [1.165, 1.54) is 25.7 Å². The van der Waals surface area contributed by atoms with Crippen molar-refractivity contribution in [2.45, 2.75) is 44.6 Å². The van der Waals surface area contributed by atoms with E-state index < -0.39 is 0 Å². The van der Waals surface area contributed by atoms with E-state index in [0.29, 0.717) is 12.5 Å². The molecule has 2 fully saturated rings. The molecule has 0 bridgehead atoms. The molecule has 0 atom stereocenters. The Kier molecular flexibility index (Phi) is 3.41. The number of likely N-dealkylation sites (tertiary alicyclic amines) is 1. The van der Waals surface area contributed by atoms with Crippen LogP contribution in [0.1, 0.15) is 43.3 Å². The molecule has 114 valence electrons. The number of carbonyl (C=O) groups excluding carboxylic acids is 1. The van der Waals surface area contributed by atoms with Crippen LogP contribution >= 0.6 is 0 Å². The summed E-state index contributed by atoms with van der Waals surface area (Å²) in [7, 11) is 0. The van der Waals surface area contributed by atoms with Gasteiger partial charge in [-0.2, -0.15) is 5.10 Å². The standard InChI is InChI=1S/C15H23N5O/c21-14(11-18-6-1-2-7-18)19-8-5-13-16-15(12-3-4-12)17-20(13)10-9-19/h12H,1-11H2. The highest BCUT2D eigenvalue weighted by Gasteiger charge is 2.30. The van der Waals surface area contributed by atoms with E-state index in [1.807, 2.05) is 9.58 Å². The average molecular weight is 289 g/mol. The number of aromatic nitrogens is 3. The van der Waals surface area contributed by atoms with E-state index >= 15 is 0 Å². The van der Waals surface area contributed by atoms with Gasteiger partial charge < -0.3 is 4.90 Å². The maximum atomic E-state index is 12.4. The fourth-order valence-electron chi connectivity index (χ4n) is 3.32. The van der Waals surface area contributed by atoms with Gasteiger partial charge in [0.05, 0.1) is 13.1 Å². The summed E-state index contributed by atoms with van der Waals surface area (Å²) in [5, 5.41) is 4.63. The number of amides is 1. The zero-order valence-corrected chi connectivity index (χ0v) is 12.5. The molecule has 1 saturated carbocycles. The Morgan fingerprint density at radius 2 is 1.90 bits per heavy atom. The summed E-state index contributed by atoms with van der Waals surface area (Å²) < 4.78 is 2.02. The first-order chi connectivity index (χ1) is 10.3. The van der Waals surface area contributed by atoms with Gasteiger partial charge >= 0.3 is 0 Å². The molecule has 1 aromatic heterocycles. The third-order valence-corrected chi connectivity index (χ3v) is 4.80. The molecule has 0 spiro atoms. The normalized spacial score (nSPS) is 23.1. The first kappa shape index (κ1) is 13.2. The summed E-state index contributed by atoms with van der Waals surface area (Å²) in [6.45, 7) is 5.09. The van der Waals surface area contributed by atoms with Crippen molar-refractivity contribution < 1.29 is 4.79 Å². The minimum absolute atomic E-state index is 0.269. The van der Waals surface area contributed by atoms with E-state index in [4.69, 9.17) is 0 Å². The number of carbonyl (C=O) groups is 1. The summed E-state index contributed by atoms with van der Waals surface area (Å²) in [5.41, 5.74) is 0. The minimum Gasteiger partial charge on any atom is -0.339 e. The van der Waals surface area contributed by atoms with Crippen LogP contribution in [0.15, 0.2) is 0 Å². The number of rotatable bonds is 3. The van der Waals surface area contributed by atoms with Crippen LogP contribution in [0.3, 0.4) is 0 Å². The zero-order valence-electron chi connectivity index (χ0n) is 12.5. The Labute approximate surface area is 125 Å². The van der Waals surface area contributed by atoms with Gasteiger partial charge in [0.2, 0.25) is 5.91 Å². The molecule has 6 nitrogen and oxygen atoms in total. The van der Waals surface area contributed by atoms with Gasteiger partial charge in [0.15, 0.2) is 5.82 Å². The molecule has 1 aromatic rings. The number of hydrogen-bond acceptors (Lipinski definition) is 4. The highest BCUT2D eigenvalue weighted by atomic mass is 16.2. The lowest BCUT2D eigenvalue weighted by atomic mass is 10.3. The van der Waals surface area contributed by atoms with E-state index in [1.54, 1.807) is 0 Å². The average Bonchev–Trinajstić information content (AvgIpc) is 3.13. The molecule has 0 N–H and O–H groups in total. The Morgan fingerprint density at radius 1 is 1.10 bits per heavy atom. The second kappa shape index (κ2) is 5.40. The number of nitrogens with zero attached hydrogens (tertiary/aromatic N) is 5. The topological polar surface area (TPSA) is 54.3 Å². The monoisotopic (exact) mass is 289 g/mol. The van der Waals surface area contributed by atoms with E-state index in [9.17, 15) is 4.79 Å². The van der Waals surface area contributed by atoms with E-state index in [2.05, 4.69) is 15.0 Å². The second-order valence-electron chi connectivity index (χ2n) is 6.50. The van der Waals surface area contributed by atoms with Gasteiger partial charge in [-0.05, 0) is 38.8 Å². The van der Waals surface area contributed by atoms with Crippen LogP contribution < -0.4 is 0 Å². The van der Waals surface area contributed by atoms with Crippen LogP contribution in [0.25, 0.3) is 0 Å². The first-order valence-electron chi connectivity index (χ1n) is 8.23. The number of hydrogen-bond donors (Lipinski definition) is 0. The lowest BCUT2D eigenvalue weighted by Gasteiger charge is -2.23. The lowest BCUT2D eigenvalue weighted by Crippen LogP contribution is -2.40. The fourth-order valence-corrected chi connectivity index (χ4v) is 3.32. The molecule has 1 saturated heterocycles. The third kappa shape index (κ3) is 2.81. The SMILES string of the molecule is O=C(CN1CCCC1)N1CCc2nc(C3CC3)nn2CC1. The van der Waals surface area contributed by atoms with Crippen LogP contribution in [0.4, 0.5) is 0 Å². The summed E-state index contributed by atoms with van der Waals surface area (Å²) in [6.07, 6.45) is 5.78. The fraction of sp³-hybridized carbons (Fsp3) is 0.800. The first-order valence-corrected chi connectivity index (χ1v) is 8.23. The maximum absolute atomic E-state index is 12.4. The van der Waals surface area contributed by atoms with Gasteiger partial charge in [-0.25, -0.2) is 9.67 Å². The van der Waals surface area contributed by atoms with Crippen molar-refractivity contribution >= 4 is 5.91 Å². The molecule has 0 unspecified atom stereocenters. The van der Waals surface area contributed by atoms with Crippen LogP contribution in [-0.2, 0) is 17.8 Å². The molecule has 1 amide bonds. The highest BCUT2D eigenvalue weighted by Crippen LogP contribution is 2.38. The summed E-state index contributed by atoms with van der Waals surface area (Å²) in [5.74, 6) is 2.97. The van der Waals surface area contributed by atoms with Gasteiger partial charge in [-0.15, -0.1) is 0 Å². The summed E-state index contributed by atoms with van der Waals surface area (Å²) >= 11 is 0. The van der Waals surface area contributed by atoms with Gasteiger partial charge in [0.25, 0.3) is 0 Å². The maximum Gasteiger partial charge on any atom is 0.236 e. The Hall–Kier alpha value is -1.43. The van der Waals surface area contributed by atoms with Crippen LogP contribution in [0, 0.1) is 0 Å². The predicted molar refractivity (Wildman–Crippen MR) is 78.0 cm³/mol. The molecule has 2 aliphatic heterocycles. The largest absolute Gasteiger partial charge is 0.339 e. The van der Waals surface area contributed by atoms with E-state index in [0.717, 1.165) is 50.8 Å². The molecular weight excluding hydrogens is 266 g/mol. The summed E-state index contributed by atoms with van der Waals surface area (Å²) in [4.78, 5) is 21.3. The Morgan fingerprint density at radius 3 is 2.67 bits per heavy atom. The molecule has 0 aromatic carbocycles. The molecule has 1 aliphatic carbocycles. The molecule has 21 heavy (non-hydrogen) atoms. The predicted octanol–water partition coefficient (Wildman–Crippen LogP) is 0.636. The van der Waals surface area contributed by atoms with Gasteiger partial charge in [0, 0.05) is 25.4 Å².